The van der Waals surface area contributed by atoms with E-state index >= 15 is 0 Å². The van der Waals surface area contributed by atoms with Crippen LogP contribution < -0.4 is 20.9 Å². The molecule has 1 heterocycles. The van der Waals surface area contributed by atoms with Crippen molar-refractivity contribution in [3.63, 3.8) is 0 Å². The average molecular weight is 1220 g/mol. The van der Waals surface area contributed by atoms with Crippen LogP contribution in [0.5, 0.6) is 0 Å². The summed E-state index contributed by atoms with van der Waals surface area (Å²) in [6.45, 7) is 14.1. The lowest BCUT2D eigenvalue weighted by Gasteiger charge is -2.25. The van der Waals surface area contributed by atoms with E-state index in [9.17, 15) is 33.6 Å². The molecule has 484 valence electrons. The zero-order chi connectivity index (χ0) is 62.2. The van der Waals surface area contributed by atoms with Crippen LogP contribution in [0.25, 0.3) is 6.08 Å². The third-order valence-corrected chi connectivity index (χ3v) is 13.4. The van der Waals surface area contributed by atoms with Gasteiger partial charge in [-0.25, -0.2) is 4.79 Å². The fourth-order valence-corrected chi connectivity index (χ4v) is 8.63. The number of rotatable bonds is 50. The summed E-state index contributed by atoms with van der Waals surface area (Å²) in [5, 5.41) is 8.24. The number of carbonyl (C=O) groups excluding carboxylic acids is 7. The van der Waals surface area contributed by atoms with E-state index in [2.05, 4.69) is 34.7 Å². The van der Waals surface area contributed by atoms with E-state index in [-0.39, 0.29) is 108 Å². The van der Waals surface area contributed by atoms with E-state index < -0.39 is 17.9 Å². The van der Waals surface area contributed by atoms with Crippen LogP contribution in [-0.4, -0.2) is 229 Å². The number of anilines is 1. The van der Waals surface area contributed by atoms with Crippen LogP contribution in [-0.2, 0) is 87.4 Å². The van der Waals surface area contributed by atoms with Crippen LogP contribution in [0.2, 0.25) is 0 Å². The molecule has 0 saturated carbocycles. The van der Waals surface area contributed by atoms with Gasteiger partial charge >= 0.3 is 6.09 Å². The first-order valence-corrected chi connectivity index (χ1v) is 30.3. The zero-order valence-electron chi connectivity index (χ0n) is 50.9. The Bertz CT molecular complexity index is 2360. The van der Waals surface area contributed by atoms with Crippen molar-refractivity contribution in [1.29, 1.82) is 0 Å². The number of aryl methyl sites for hydroxylation is 1. The van der Waals surface area contributed by atoms with Gasteiger partial charge in [0.2, 0.25) is 23.6 Å². The van der Waals surface area contributed by atoms with Crippen molar-refractivity contribution in [2.24, 2.45) is 0 Å². The van der Waals surface area contributed by atoms with Crippen LogP contribution >= 0.6 is 0 Å². The number of nitrogens with one attached hydrogen (secondary N) is 3. The molecule has 24 heteroatoms. The summed E-state index contributed by atoms with van der Waals surface area (Å²) >= 11 is 0. The molecule has 1 aliphatic heterocycles. The van der Waals surface area contributed by atoms with E-state index in [1.807, 2.05) is 55.5 Å². The second kappa shape index (κ2) is 47.6. The van der Waals surface area contributed by atoms with Gasteiger partial charge in [0.1, 0.15) is 6.10 Å². The van der Waals surface area contributed by atoms with Gasteiger partial charge in [-0.3, -0.25) is 33.7 Å². The minimum atomic E-state index is -0.425. The molecule has 2 aromatic rings. The molecule has 2 aromatic carbocycles. The average Bonchev–Trinajstić information content (AvgIpc) is 2.98. The number of benzene rings is 2. The Morgan fingerprint density at radius 3 is 1.59 bits per heavy atom. The second-order valence-electron chi connectivity index (χ2n) is 20.0. The third-order valence-electron chi connectivity index (χ3n) is 13.4. The third kappa shape index (κ3) is 34.0. The van der Waals surface area contributed by atoms with E-state index in [4.69, 9.17) is 52.1 Å². The van der Waals surface area contributed by atoms with Crippen molar-refractivity contribution in [2.75, 3.05) is 176 Å². The van der Waals surface area contributed by atoms with Crippen LogP contribution in [0.1, 0.15) is 74.5 Å². The van der Waals surface area contributed by atoms with Gasteiger partial charge in [-0.05, 0) is 61.8 Å². The quantitative estimate of drug-likeness (QED) is 0.0468. The minimum absolute atomic E-state index is 0.0155. The van der Waals surface area contributed by atoms with Crippen molar-refractivity contribution < 1.29 is 85.7 Å². The molecular formula is C63H94N6O18. The molecule has 0 bridgehead atoms. The van der Waals surface area contributed by atoms with Gasteiger partial charge in [-0.2, -0.15) is 0 Å². The van der Waals surface area contributed by atoms with Crippen molar-refractivity contribution in [3.05, 3.63) is 96.1 Å². The molecule has 0 fully saturated rings. The summed E-state index contributed by atoms with van der Waals surface area (Å²) in [6.07, 6.45) is 12.8. The Labute approximate surface area is 512 Å². The lowest BCUT2D eigenvalue weighted by molar-refractivity contribution is -0.137. The lowest BCUT2D eigenvalue weighted by atomic mass is 10.0. The first-order valence-electron chi connectivity index (χ1n) is 30.3. The Hall–Kier alpha value is -6.45. The molecular weight excluding hydrogens is 1130 g/mol. The molecule has 2 aliphatic rings. The SMILES string of the molecule is C=Cc1ccccc1N(Cc1ccccc1C)C(=O)CCC(=O)NCCOCCOCCOCCN(CCOCCOCCOCCNC(=O)O[C@H]1CC/C=C/CCC1)C(=O)CCOCCOCCOCCOCCNC(=O)CCN1C(=O)C=CC1=O. The van der Waals surface area contributed by atoms with Gasteiger partial charge in [0.15, 0.2) is 0 Å². The summed E-state index contributed by atoms with van der Waals surface area (Å²) in [7, 11) is 0. The number of para-hydroxylation sites is 1. The fourth-order valence-electron chi connectivity index (χ4n) is 8.63. The van der Waals surface area contributed by atoms with Gasteiger partial charge in [0.05, 0.1) is 151 Å². The maximum absolute atomic E-state index is 13.6. The monoisotopic (exact) mass is 1220 g/mol. The number of ether oxygens (including phenoxy) is 11. The number of imide groups is 1. The highest BCUT2D eigenvalue weighted by atomic mass is 16.6. The first-order chi connectivity index (χ1) is 42.5. The molecule has 1 atom stereocenters. The summed E-state index contributed by atoms with van der Waals surface area (Å²) in [5.41, 5.74) is 3.66. The topological polar surface area (TPSA) is 267 Å². The Morgan fingerprint density at radius 2 is 1.02 bits per heavy atom. The smallest absolute Gasteiger partial charge is 0.407 e. The van der Waals surface area contributed by atoms with Crippen LogP contribution in [0.4, 0.5) is 10.5 Å². The van der Waals surface area contributed by atoms with Crippen molar-refractivity contribution in [2.45, 2.75) is 77.4 Å². The lowest BCUT2D eigenvalue weighted by Crippen LogP contribution is -2.37. The van der Waals surface area contributed by atoms with Crippen molar-refractivity contribution in [1.82, 2.24) is 25.8 Å². The second-order valence-corrected chi connectivity index (χ2v) is 20.0. The zero-order valence-corrected chi connectivity index (χ0v) is 50.9. The van der Waals surface area contributed by atoms with Gasteiger partial charge in [-0.1, -0.05) is 67.3 Å². The summed E-state index contributed by atoms with van der Waals surface area (Å²) in [6, 6.07) is 15.5. The highest BCUT2D eigenvalue weighted by Gasteiger charge is 2.24. The number of nitrogens with zero attached hydrogens (tertiary/aromatic N) is 3. The van der Waals surface area contributed by atoms with Crippen LogP contribution in [0.3, 0.4) is 0 Å². The van der Waals surface area contributed by atoms with Crippen molar-refractivity contribution >= 4 is 53.3 Å². The Balaban J connectivity index is 1.02. The van der Waals surface area contributed by atoms with E-state index in [1.165, 1.54) is 12.2 Å². The normalized spacial score (nSPS) is 14.3. The van der Waals surface area contributed by atoms with Crippen LogP contribution in [0, 0.1) is 6.92 Å². The first kappa shape index (κ1) is 73.0. The molecule has 7 amide bonds. The van der Waals surface area contributed by atoms with E-state index in [0.29, 0.717) is 125 Å². The highest BCUT2D eigenvalue weighted by molar-refractivity contribution is 6.13. The van der Waals surface area contributed by atoms with Gasteiger partial charge in [0.25, 0.3) is 11.8 Å². The number of alkyl carbamates (subject to hydrolysis) is 1. The highest BCUT2D eigenvalue weighted by Crippen LogP contribution is 2.26. The standard InChI is InChI=1S/C63H94N6O18/c1-3-53-14-11-12-18-56(53)69(51-54-15-10-9-13-52(54)2)62(75)20-19-57(70)64-25-32-78-38-44-84-47-41-81-35-29-67(30-36-82-42-48-85-46-40-80-34-27-66-63(76)87-55-16-7-5-4-6-8-17-55)59(72)24-31-77-37-43-83-49-50-86-45-39-79-33-26-65-58(71)23-28-68-60(73)21-22-61(68)74/h3-5,9-15,18,21-22,55H,1,6-8,16-17,19-20,23-51H2,2H3,(H,64,70)(H,65,71)(H,66,76)/b5-4+/t55-/m0/s1. The van der Waals surface area contributed by atoms with Gasteiger partial charge in [-0.15, -0.1) is 0 Å². The molecule has 3 N–H and O–H groups in total. The number of amides is 7. The molecule has 0 radical (unpaired) electrons. The molecule has 0 aromatic heterocycles. The molecule has 1 aliphatic carbocycles. The number of carbonyl (C=O) groups is 7. The van der Waals surface area contributed by atoms with E-state index in [1.54, 1.807) is 15.9 Å². The minimum Gasteiger partial charge on any atom is -0.446 e. The van der Waals surface area contributed by atoms with Gasteiger partial charge < -0.3 is 77.9 Å². The van der Waals surface area contributed by atoms with Crippen molar-refractivity contribution in [3.8, 4) is 0 Å². The largest absolute Gasteiger partial charge is 0.446 e. The number of allylic oxidation sites excluding steroid dienone is 2. The number of hydrogen-bond donors (Lipinski definition) is 3. The molecule has 0 unspecified atom stereocenters. The van der Waals surface area contributed by atoms with E-state index in [0.717, 1.165) is 59.4 Å². The predicted molar refractivity (Wildman–Crippen MR) is 325 cm³/mol. The maximum Gasteiger partial charge on any atom is 0.407 e. The number of hydrogen-bond acceptors (Lipinski definition) is 18. The predicted octanol–water partition coefficient (Wildman–Crippen LogP) is 4.50. The summed E-state index contributed by atoms with van der Waals surface area (Å²) in [5.74, 6) is -1.66. The maximum atomic E-state index is 13.6. The summed E-state index contributed by atoms with van der Waals surface area (Å²) < 4.78 is 61.8. The molecule has 4 rings (SSSR count). The Kier molecular flexibility index (Phi) is 39.9. The summed E-state index contributed by atoms with van der Waals surface area (Å²) in [4.78, 5) is 91.3. The fraction of sp³-hybridized carbons (Fsp3) is 0.603. The Morgan fingerprint density at radius 1 is 0.540 bits per heavy atom. The van der Waals surface area contributed by atoms with Crippen LogP contribution in [0.15, 0.2) is 79.4 Å². The molecule has 0 spiro atoms. The molecule has 0 saturated heterocycles. The molecule has 24 nitrogen and oxygen atoms in total. The van der Waals surface area contributed by atoms with Gasteiger partial charge in [0, 0.05) is 70.7 Å². The molecule has 87 heavy (non-hydrogen) atoms.